The normalized spacial score (nSPS) is 12.9. The number of hydrogen-bond acceptors (Lipinski definition) is 2. The van der Waals surface area contributed by atoms with Crippen molar-refractivity contribution >= 4 is 11.6 Å². The molecule has 1 N–H and O–H groups in total. The van der Waals surface area contributed by atoms with E-state index in [9.17, 15) is 4.79 Å². The highest BCUT2D eigenvalue weighted by Gasteiger charge is 2.17. The Morgan fingerprint density at radius 1 is 1.27 bits per heavy atom. The van der Waals surface area contributed by atoms with E-state index in [0.717, 1.165) is 22.6 Å². The highest BCUT2D eigenvalue weighted by molar-refractivity contribution is 5.96. The summed E-state index contributed by atoms with van der Waals surface area (Å²) in [6, 6.07) is 3.88. The molecule has 1 aliphatic rings. The summed E-state index contributed by atoms with van der Waals surface area (Å²) in [4.78, 5) is 11.1. The van der Waals surface area contributed by atoms with Gasteiger partial charge in [0, 0.05) is 0 Å². The van der Waals surface area contributed by atoms with Crippen molar-refractivity contribution in [3.05, 3.63) is 23.3 Å². The predicted octanol–water partition coefficient (Wildman–Crippen LogP) is 2.66. The van der Waals surface area contributed by atoms with Crippen LogP contribution in [-0.2, 0) is 4.79 Å². The van der Waals surface area contributed by atoms with Gasteiger partial charge in [-0.25, -0.2) is 0 Å². The smallest absolute Gasteiger partial charge is 0.262 e. The van der Waals surface area contributed by atoms with Crippen LogP contribution in [0.4, 0.5) is 5.69 Å². The molecule has 82 valence electrons. The quantitative estimate of drug-likeness (QED) is 0.710. The second-order valence-corrected chi connectivity index (χ2v) is 3.22. The number of carbonyl (C=O) groups excluding carboxylic acids is 1. The largest absolute Gasteiger partial charge is 0.482 e. The van der Waals surface area contributed by atoms with Gasteiger partial charge in [-0.15, -0.1) is 0 Å². The van der Waals surface area contributed by atoms with Crippen molar-refractivity contribution < 1.29 is 9.53 Å². The highest BCUT2D eigenvalue weighted by atomic mass is 16.5. The van der Waals surface area contributed by atoms with Crippen molar-refractivity contribution in [3.8, 4) is 5.75 Å². The number of rotatable bonds is 0. The van der Waals surface area contributed by atoms with Crippen molar-refractivity contribution in [2.75, 3.05) is 11.9 Å². The molecule has 0 atom stereocenters. The summed E-state index contributed by atoms with van der Waals surface area (Å²) in [6.45, 7) is 8.11. The second kappa shape index (κ2) is 4.82. The molecule has 0 aromatic heterocycles. The summed E-state index contributed by atoms with van der Waals surface area (Å²) in [5.41, 5.74) is 3.05. The Kier molecular flexibility index (Phi) is 3.72. The molecule has 0 radical (unpaired) electrons. The topological polar surface area (TPSA) is 38.3 Å². The molecule has 0 saturated carbocycles. The van der Waals surface area contributed by atoms with Crippen LogP contribution in [0.5, 0.6) is 5.75 Å². The number of amides is 1. The van der Waals surface area contributed by atoms with Gasteiger partial charge in [0.05, 0.1) is 5.69 Å². The number of hydrogen-bond donors (Lipinski definition) is 1. The van der Waals surface area contributed by atoms with Crippen molar-refractivity contribution in [3.63, 3.8) is 0 Å². The highest BCUT2D eigenvalue weighted by Crippen LogP contribution is 2.32. The third-order valence-electron chi connectivity index (χ3n) is 2.32. The van der Waals surface area contributed by atoms with Gasteiger partial charge in [-0.1, -0.05) is 19.9 Å². The number of nitrogens with one attached hydrogen (secondary N) is 1. The zero-order chi connectivity index (χ0) is 11.4. The summed E-state index contributed by atoms with van der Waals surface area (Å²) >= 11 is 0. The van der Waals surface area contributed by atoms with E-state index in [0.29, 0.717) is 0 Å². The van der Waals surface area contributed by atoms with Gasteiger partial charge in [0.15, 0.2) is 6.61 Å². The molecule has 1 aliphatic heterocycles. The Morgan fingerprint density at radius 2 is 1.93 bits per heavy atom. The van der Waals surface area contributed by atoms with Gasteiger partial charge in [-0.05, 0) is 31.0 Å². The minimum absolute atomic E-state index is 0.0822. The molecule has 0 spiro atoms. The molecule has 1 heterocycles. The Morgan fingerprint density at radius 3 is 2.60 bits per heavy atom. The van der Waals surface area contributed by atoms with E-state index < -0.39 is 0 Å². The molecule has 3 heteroatoms. The van der Waals surface area contributed by atoms with Gasteiger partial charge < -0.3 is 10.1 Å². The molecular weight excluding hydrogens is 190 g/mol. The Bertz CT molecular complexity index is 372. The monoisotopic (exact) mass is 207 g/mol. The van der Waals surface area contributed by atoms with Crippen LogP contribution in [0.25, 0.3) is 0 Å². The SMILES string of the molecule is CC.Cc1ccc2c(c1C)NC(=O)CO2. The zero-order valence-corrected chi connectivity index (χ0v) is 9.68. The van der Waals surface area contributed by atoms with E-state index in [4.69, 9.17) is 4.74 Å². The molecule has 1 amide bonds. The first-order valence-electron chi connectivity index (χ1n) is 5.21. The maximum absolute atomic E-state index is 11.1. The Hall–Kier alpha value is -1.51. The van der Waals surface area contributed by atoms with Gasteiger partial charge in [-0.2, -0.15) is 0 Å². The number of aryl methyl sites for hydroxylation is 1. The maximum atomic E-state index is 11.1. The first kappa shape index (κ1) is 11.6. The molecular formula is C12H17NO2. The molecule has 3 nitrogen and oxygen atoms in total. The molecule has 0 bridgehead atoms. The average molecular weight is 207 g/mol. The molecule has 0 unspecified atom stereocenters. The fraction of sp³-hybridized carbons (Fsp3) is 0.417. The van der Waals surface area contributed by atoms with Crippen LogP contribution >= 0.6 is 0 Å². The van der Waals surface area contributed by atoms with Crippen LogP contribution < -0.4 is 10.1 Å². The van der Waals surface area contributed by atoms with Gasteiger partial charge in [0.1, 0.15) is 5.75 Å². The van der Waals surface area contributed by atoms with Gasteiger partial charge in [0.25, 0.3) is 5.91 Å². The number of anilines is 1. The Balaban J connectivity index is 0.000000531. The van der Waals surface area contributed by atoms with E-state index in [1.54, 1.807) is 0 Å². The fourth-order valence-corrected chi connectivity index (χ4v) is 1.39. The summed E-state index contributed by atoms with van der Waals surface area (Å²) in [5, 5.41) is 2.81. The minimum Gasteiger partial charge on any atom is -0.482 e. The number of ether oxygens (including phenoxy) is 1. The molecule has 2 rings (SSSR count). The lowest BCUT2D eigenvalue weighted by Crippen LogP contribution is -2.26. The summed E-state index contributed by atoms with van der Waals surface area (Å²) in [7, 11) is 0. The lowest BCUT2D eigenvalue weighted by atomic mass is 10.1. The van der Waals surface area contributed by atoms with Crippen LogP contribution in [-0.4, -0.2) is 12.5 Å². The first-order chi connectivity index (χ1) is 7.18. The van der Waals surface area contributed by atoms with Crippen LogP contribution in [0.1, 0.15) is 25.0 Å². The van der Waals surface area contributed by atoms with Gasteiger partial charge in [-0.3, -0.25) is 4.79 Å². The van der Waals surface area contributed by atoms with E-state index in [1.165, 1.54) is 0 Å². The van der Waals surface area contributed by atoms with Crippen molar-refractivity contribution in [1.82, 2.24) is 0 Å². The standard InChI is InChI=1S/C10H11NO2.C2H6/c1-6-3-4-8-10(7(6)2)11-9(12)5-13-8;1-2/h3-4H,5H2,1-2H3,(H,11,12);1-2H3. The molecule has 1 aromatic rings. The van der Waals surface area contributed by atoms with E-state index in [1.807, 2.05) is 39.8 Å². The van der Waals surface area contributed by atoms with Crippen LogP contribution in [0.3, 0.4) is 0 Å². The summed E-state index contributed by atoms with van der Waals surface area (Å²) in [5.74, 6) is 0.684. The van der Waals surface area contributed by atoms with E-state index in [-0.39, 0.29) is 12.5 Å². The second-order valence-electron chi connectivity index (χ2n) is 3.22. The van der Waals surface area contributed by atoms with Crippen molar-refractivity contribution in [2.45, 2.75) is 27.7 Å². The lowest BCUT2D eigenvalue weighted by molar-refractivity contribution is -0.118. The predicted molar refractivity (Wildman–Crippen MR) is 61.4 cm³/mol. The van der Waals surface area contributed by atoms with Gasteiger partial charge >= 0.3 is 0 Å². The molecule has 1 aromatic carbocycles. The number of fused-ring (bicyclic) bond motifs is 1. The number of benzene rings is 1. The average Bonchev–Trinajstić information content (AvgIpc) is 2.27. The van der Waals surface area contributed by atoms with Crippen LogP contribution in [0.2, 0.25) is 0 Å². The fourth-order valence-electron chi connectivity index (χ4n) is 1.39. The van der Waals surface area contributed by atoms with Crippen LogP contribution in [0.15, 0.2) is 12.1 Å². The minimum atomic E-state index is -0.0822. The van der Waals surface area contributed by atoms with Crippen LogP contribution in [0, 0.1) is 13.8 Å². The molecule has 15 heavy (non-hydrogen) atoms. The molecule has 0 saturated heterocycles. The summed E-state index contributed by atoms with van der Waals surface area (Å²) in [6.07, 6.45) is 0. The Labute approximate surface area is 90.4 Å². The molecule has 0 fully saturated rings. The van der Waals surface area contributed by atoms with E-state index >= 15 is 0 Å². The van der Waals surface area contributed by atoms with Crippen molar-refractivity contribution in [2.24, 2.45) is 0 Å². The van der Waals surface area contributed by atoms with E-state index in [2.05, 4.69) is 5.32 Å². The molecule has 0 aliphatic carbocycles. The summed E-state index contributed by atoms with van der Waals surface area (Å²) < 4.78 is 5.26. The zero-order valence-electron chi connectivity index (χ0n) is 9.68. The lowest BCUT2D eigenvalue weighted by Gasteiger charge is -2.20. The third-order valence-corrected chi connectivity index (χ3v) is 2.32. The van der Waals surface area contributed by atoms with Gasteiger partial charge in [0.2, 0.25) is 0 Å². The van der Waals surface area contributed by atoms with Crippen molar-refractivity contribution in [1.29, 1.82) is 0 Å². The number of carbonyl (C=O) groups is 1. The first-order valence-corrected chi connectivity index (χ1v) is 5.21. The maximum Gasteiger partial charge on any atom is 0.262 e. The third kappa shape index (κ3) is 2.29.